The summed E-state index contributed by atoms with van der Waals surface area (Å²) in [5.41, 5.74) is 0. The molecular weight excluding hydrogens is 342 g/mol. The van der Waals surface area contributed by atoms with Gasteiger partial charge in [0, 0.05) is 26.8 Å². The molecule has 1 amide bonds. The number of hydrogen-bond donors (Lipinski definition) is 0. The van der Waals surface area contributed by atoms with Gasteiger partial charge in [0.1, 0.15) is 4.21 Å². The molecule has 0 radical (unpaired) electrons. The van der Waals surface area contributed by atoms with Crippen LogP contribution in [0.4, 0.5) is 0 Å². The monoisotopic (exact) mass is 357 g/mol. The summed E-state index contributed by atoms with van der Waals surface area (Å²) in [6.07, 6.45) is 3.17. The third-order valence-corrected chi connectivity index (χ3v) is 6.27. The minimum atomic E-state index is -3.81. The van der Waals surface area contributed by atoms with Crippen LogP contribution in [0.15, 0.2) is 49.9 Å². The molecule has 1 aliphatic rings. The van der Waals surface area contributed by atoms with Crippen molar-refractivity contribution in [1.82, 2.24) is 9.80 Å². The Morgan fingerprint density at radius 1 is 1.45 bits per heavy atom. The van der Waals surface area contributed by atoms with Crippen LogP contribution in [0.1, 0.15) is 0 Å². The van der Waals surface area contributed by atoms with E-state index in [0.717, 1.165) is 23.1 Å². The molecule has 2 heterocycles. The lowest BCUT2D eigenvalue weighted by atomic mass is 10.4. The third-order valence-electron chi connectivity index (χ3n) is 2.52. The first-order valence-electron chi connectivity index (χ1n) is 6.22. The Balaban J connectivity index is 2.42. The predicted molar refractivity (Wildman–Crippen MR) is 90.2 cm³/mol. The second kappa shape index (κ2) is 6.67. The van der Waals surface area contributed by atoms with E-state index < -0.39 is 10.0 Å². The summed E-state index contributed by atoms with van der Waals surface area (Å²) in [6, 6.07) is 3.13. The number of hydrogen-bond acceptors (Lipinski definition) is 6. The van der Waals surface area contributed by atoms with Gasteiger partial charge in [-0.2, -0.15) is 8.42 Å². The van der Waals surface area contributed by atoms with Gasteiger partial charge < -0.3 is 4.90 Å². The second-order valence-corrected chi connectivity index (χ2v) is 8.33. The van der Waals surface area contributed by atoms with Crippen molar-refractivity contribution in [2.24, 2.45) is 4.40 Å². The first-order chi connectivity index (χ1) is 10.3. The van der Waals surface area contributed by atoms with Crippen LogP contribution in [-0.4, -0.2) is 49.9 Å². The Hall–Kier alpha value is -1.58. The van der Waals surface area contributed by atoms with Gasteiger partial charge in [0.15, 0.2) is 5.17 Å². The Labute approximate surface area is 137 Å². The molecule has 1 saturated heterocycles. The number of amides is 1. The molecule has 0 aliphatic carbocycles. The number of carbonyl (C=O) groups excluding carboxylic acids is 1. The lowest BCUT2D eigenvalue weighted by molar-refractivity contribution is -0.121. The smallest absolute Gasteiger partial charge is 0.294 e. The minimum absolute atomic E-state index is 0.145. The normalized spacial score (nSPS) is 19.2. The molecule has 0 spiro atoms. The SMILES string of the molecule is C=CCN1C(=O)/C(=C\N(C)C)S/C1=N\S(=O)(=O)c1cccs1. The topological polar surface area (TPSA) is 70.1 Å². The van der Waals surface area contributed by atoms with Gasteiger partial charge >= 0.3 is 0 Å². The third kappa shape index (κ3) is 3.60. The fraction of sp³-hybridized carbons (Fsp3) is 0.231. The van der Waals surface area contributed by atoms with Crippen LogP contribution < -0.4 is 0 Å². The Morgan fingerprint density at radius 2 is 2.18 bits per heavy atom. The second-order valence-electron chi connectivity index (χ2n) is 4.54. The minimum Gasteiger partial charge on any atom is -0.382 e. The van der Waals surface area contributed by atoms with Crippen LogP contribution in [-0.2, 0) is 14.8 Å². The lowest BCUT2D eigenvalue weighted by Gasteiger charge is -2.12. The summed E-state index contributed by atoms with van der Waals surface area (Å²) in [6.45, 7) is 3.79. The van der Waals surface area contributed by atoms with Crippen molar-refractivity contribution in [2.45, 2.75) is 4.21 Å². The zero-order valence-corrected chi connectivity index (χ0v) is 14.5. The van der Waals surface area contributed by atoms with E-state index >= 15 is 0 Å². The molecule has 1 aromatic heterocycles. The number of amidine groups is 1. The molecule has 1 aliphatic heterocycles. The maximum Gasteiger partial charge on any atom is 0.294 e. The average molecular weight is 357 g/mol. The van der Waals surface area contributed by atoms with Crippen molar-refractivity contribution in [2.75, 3.05) is 20.6 Å². The van der Waals surface area contributed by atoms with Crippen molar-refractivity contribution >= 4 is 44.2 Å². The summed E-state index contributed by atoms with van der Waals surface area (Å²) in [5.74, 6) is -0.279. The average Bonchev–Trinajstić information content (AvgIpc) is 3.03. The molecule has 0 N–H and O–H groups in total. The van der Waals surface area contributed by atoms with Crippen molar-refractivity contribution < 1.29 is 13.2 Å². The van der Waals surface area contributed by atoms with Crippen molar-refractivity contribution in [3.63, 3.8) is 0 Å². The Kier molecular flexibility index (Phi) is 5.09. The van der Waals surface area contributed by atoms with Crippen LogP contribution in [0.2, 0.25) is 0 Å². The fourth-order valence-electron chi connectivity index (χ4n) is 1.65. The Morgan fingerprint density at radius 3 is 2.73 bits per heavy atom. The van der Waals surface area contributed by atoms with Crippen LogP contribution in [0.3, 0.4) is 0 Å². The molecule has 0 saturated carbocycles. The van der Waals surface area contributed by atoms with Crippen LogP contribution in [0.25, 0.3) is 0 Å². The largest absolute Gasteiger partial charge is 0.382 e. The summed E-state index contributed by atoms with van der Waals surface area (Å²) in [5, 5.41) is 1.81. The highest BCUT2D eigenvalue weighted by atomic mass is 32.2. The van der Waals surface area contributed by atoms with Crippen LogP contribution in [0, 0.1) is 0 Å². The number of carbonyl (C=O) groups is 1. The molecule has 118 valence electrons. The van der Waals surface area contributed by atoms with Gasteiger partial charge in [-0.3, -0.25) is 9.69 Å². The lowest BCUT2D eigenvalue weighted by Crippen LogP contribution is -2.30. The molecule has 9 heteroatoms. The highest BCUT2D eigenvalue weighted by molar-refractivity contribution is 8.19. The van der Waals surface area contributed by atoms with Crippen molar-refractivity contribution in [3.8, 4) is 0 Å². The molecule has 6 nitrogen and oxygen atoms in total. The maximum absolute atomic E-state index is 12.3. The first-order valence-corrected chi connectivity index (χ1v) is 9.36. The summed E-state index contributed by atoms with van der Waals surface area (Å²) in [7, 11) is -0.234. The standard InChI is InChI=1S/C13H15N3O3S3/c1-4-7-16-12(17)10(9-15(2)3)21-13(16)14-22(18,19)11-6-5-8-20-11/h4-6,8-9H,1,7H2,2-3H3/b10-9+,14-13-. The van der Waals surface area contributed by atoms with Crippen LogP contribution >= 0.6 is 23.1 Å². The van der Waals surface area contributed by atoms with E-state index in [1.807, 2.05) is 0 Å². The van der Waals surface area contributed by atoms with E-state index in [1.165, 1.54) is 17.0 Å². The van der Waals surface area contributed by atoms with E-state index in [1.54, 1.807) is 36.6 Å². The highest BCUT2D eigenvalue weighted by Crippen LogP contribution is 2.32. The zero-order valence-electron chi connectivity index (χ0n) is 12.1. The highest BCUT2D eigenvalue weighted by Gasteiger charge is 2.34. The summed E-state index contributed by atoms with van der Waals surface area (Å²) in [4.78, 5) is 15.8. The number of sulfonamides is 1. The zero-order chi connectivity index (χ0) is 16.3. The molecule has 0 aromatic carbocycles. The van der Waals surface area contributed by atoms with Gasteiger partial charge in [-0.05, 0) is 23.2 Å². The molecule has 0 unspecified atom stereocenters. The molecule has 22 heavy (non-hydrogen) atoms. The van der Waals surface area contributed by atoms with E-state index in [4.69, 9.17) is 0 Å². The maximum atomic E-state index is 12.3. The molecule has 0 bridgehead atoms. The van der Waals surface area contributed by atoms with Crippen molar-refractivity contribution in [3.05, 3.63) is 41.3 Å². The molecular formula is C13H15N3O3S3. The number of thioether (sulfide) groups is 1. The molecule has 0 atom stereocenters. The van der Waals surface area contributed by atoms with Gasteiger partial charge in [0.25, 0.3) is 15.9 Å². The number of rotatable bonds is 5. The summed E-state index contributed by atoms with van der Waals surface area (Å²) < 4.78 is 28.5. The number of thiophene rings is 1. The van der Waals surface area contributed by atoms with Gasteiger partial charge in [-0.15, -0.1) is 22.3 Å². The molecule has 2 rings (SSSR count). The quantitative estimate of drug-likeness (QED) is 0.595. The van der Waals surface area contributed by atoms with E-state index in [0.29, 0.717) is 4.91 Å². The van der Waals surface area contributed by atoms with Gasteiger partial charge in [-0.1, -0.05) is 12.1 Å². The number of nitrogens with zero attached hydrogens (tertiary/aromatic N) is 3. The van der Waals surface area contributed by atoms with E-state index in [2.05, 4.69) is 11.0 Å². The van der Waals surface area contributed by atoms with Gasteiger partial charge in [-0.25, -0.2) is 0 Å². The van der Waals surface area contributed by atoms with E-state index in [9.17, 15) is 13.2 Å². The molecule has 1 aromatic rings. The van der Waals surface area contributed by atoms with Crippen molar-refractivity contribution in [1.29, 1.82) is 0 Å². The fourth-order valence-corrected chi connectivity index (χ4v) is 4.88. The first kappa shape index (κ1) is 16.8. The summed E-state index contributed by atoms with van der Waals surface area (Å²) >= 11 is 2.13. The predicted octanol–water partition coefficient (Wildman–Crippen LogP) is 1.96. The van der Waals surface area contributed by atoms with E-state index in [-0.39, 0.29) is 21.8 Å². The Bertz CT molecular complexity index is 734. The van der Waals surface area contributed by atoms with Gasteiger partial charge in [0.2, 0.25) is 0 Å². The molecule has 1 fully saturated rings. The van der Waals surface area contributed by atoms with Gasteiger partial charge in [0.05, 0.1) is 4.91 Å². The van der Waals surface area contributed by atoms with Crippen LogP contribution in [0.5, 0.6) is 0 Å².